The van der Waals surface area contributed by atoms with Crippen molar-refractivity contribution in [3.63, 3.8) is 0 Å². The predicted octanol–water partition coefficient (Wildman–Crippen LogP) is 3.01. The summed E-state index contributed by atoms with van der Waals surface area (Å²) in [5.41, 5.74) is 1.45. The Balaban J connectivity index is 1.97. The first-order chi connectivity index (χ1) is 8.83. The van der Waals surface area contributed by atoms with Gasteiger partial charge in [-0.15, -0.1) is 0 Å². The van der Waals surface area contributed by atoms with Crippen LogP contribution in [-0.4, -0.2) is 24.8 Å². The summed E-state index contributed by atoms with van der Waals surface area (Å²) in [5.74, 6) is 0.736. The van der Waals surface area contributed by atoms with Gasteiger partial charge < -0.3 is 10.4 Å². The first-order valence-electron chi connectivity index (χ1n) is 7.18. The minimum atomic E-state index is 0.290. The lowest BCUT2D eigenvalue weighted by Crippen LogP contribution is -2.22. The number of nitrogens with one attached hydrogen (secondary N) is 1. The number of aryl methyl sites for hydroxylation is 1. The number of hydrogen-bond acceptors (Lipinski definition) is 2. The van der Waals surface area contributed by atoms with Crippen molar-refractivity contribution in [2.45, 2.75) is 39.0 Å². The maximum Gasteiger partial charge on any atom is 0.0443 e. The van der Waals surface area contributed by atoms with Crippen LogP contribution in [0.5, 0.6) is 0 Å². The van der Waals surface area contributed by atoms with Crippen molar-refractivity contribution in [2.24, 2.45) is 5.92 Å². The van der Waals surface area contributed by atoms with E-state index in [1.165, 1.54) is 31.2 Å². The molecular weight excluding hydrogens is 222 g/mol. The van der Waals surface area contributed by atoms with Crippen LogP contribution in [0.2, 0.25) is 0 Å². The molecule has 2 nitrogen and oxygen atoms in total. The zero-order valence-electron chi connectivity index (χ0n) is 11.6. The fourth-order valence-corrected chi connectivity index (χ4v) is 2.12. The van der Waals surface area contributed by atoms with E-state index in [1.54, 1.807) is 0 Å². The highest BCUT2D eigenvalue weighted by molar-refractivity contribution is 5.14. The lowest BCUT2D eigenvalue weighted by atomic mass is 10.0. The van der Waals surface area contributed by atoms with E-state index in [-0.39, 0.29) is 0 Å². The highest BCUT2D eigenvalue weighted by atomic mass is 16.3. The van der Waals surface area contributed by atoms with Crippen molar-refractivity contribution >= 4 is 0 Å². The molecule has 0 unspecified atom stereocenters. The Hall–Kier alpha value is -0.860. The third kappa shape index (κ3) is 7.46. The van der Waals surface area contributed by atoms with Gasteiger partial charge in [0.25, 0.3) is 0 Å². The van der Waals surface area contributed by atoms with Crippen molar-refractivity contribution in [1.82, 2.24) is 5.32 Å². The van der Waals surface area contributed by atoms with Crippen LogP contribution in [0.15, 0.2) is 30.3 Å². The van der Waals surface area contributed by atoms with E-state index in [1.807, 2.05) is 0 Å². The number of aliphatic hydroxyl groups excluding tert-OH is 1. The van der Waals surface area contributed by atoms with Gasteiger partial charge in [0, 0.05) is 6.61 Å². The predicted molar refractivity (Wildman–Crippen MR) is 77.7 cm³/mol. The second-order valence-corrected chi connectivity index (χ2v) is 5.12. The number of aliphatic hydroxyl groups is 1. The number of hydrogen-bond donors (Lipinski definition) is 2. The van der Waals surface area contributed by atoms with Crippen molar-refractivity contribution in [1.29, 1.82) is 0 Å². The molecule has 1 aromatic carbocycles. The van der Waals surface area contributed by atoms with E-state index in [9.17, 15) is 0 Å². The summed E-state index contributed by atoms with van der Waals surface area (Å²) >= 11 is 0. The third-order valence-electron chi connectivity index (χ3n) is 3.26. The monoisotopic (exact) mass is 249 g/mol. The van der Waals surface area contributed by atoms with Crippen molar-refractivity contribution in [2.75, 3.05) is 19.7 Å². The molecule has 2 N–H and O–H groups in total. The summed E-state index contributed by atoms with van der Waals surface area (Å²) in [6, 6.07) is 10.7. The van der Waals surface area contributed by atoms with E-state index in [4.69, 9.17) is 5.11 Å². The Morgan fingerprint density at radius 3 is 2.61 bits per heavy atom. The molecule has 1 aromatic rings. The SMILES string of the molecule is C[C@@H](CCCCc1ccccc1)CNCCCO. The van der Waals surface area contributed by atoms with E-state index >= 15 is 0 Å². The molecule has 0 fully saturated rings. The van der Waals surface area contributed by atoms with Crippen LogP contribution in [0.1, 0.15) is 38.2 Å². The van der Waals surface area contributed by atoms with Gasteiger partial charge in [-0.3, -0.25) is 0 Å². The summed E-state index contributed by atoms with van der Waals surface area (Å²) in [6.07, 6.45) is 5.94. The van der Waals surface area contributed by atoms with Gasteiger partial charge in [-0.1, -0.05) is 43.7 Å². The van der Waals surface area contributed by atoms with Gasteiger partial charge >= 0.3 is 0 Å². The van der Waals surface area contributed by atoms with Crippen molar-refractivity contribution < 1.29 is 5.11 Å². The topological polar surface area (TPSA) is 32.3 Å². The molecule has 0 heterocycles. The fraction of sp³-hybridized carbons (Fsp3) is 0.625. The molecule has 1 atom stereocenters. The summed E-state index contributed by atoms with van der Waals surface area (Å²) < 4.78 is 0. The second-order valence-electron chi connectivity index (χ2n) is 5.12. The quantitative estimate of drug-likeness (QED) is 0.625. The van der Waals surface area contributed by atoms with Gasteiger partial charge in [-0.25, -0.2) is 0 Å². The van der Waals surface area contributed by atoms with Gasteiger partial charge in [0.1, 0.15) is 0 Å². The number of unbranched alkanes of at least 4 members (excludes halogenated alkanes) is 1. The molecule has 0 amide bonds. The Morgan fingerprint density at radius 1 is 1.11 bits per heavy atom. The average molecular weight is 249 g/mol. The highest BCUT2D eigenvalue weighted by Gasteiger charge is 2.01. The minimum absolute atomic E-state index is 0.290. The molecular formula is C16H27NO. The first kappa shape index (κ1) is 15.2. The smallest absolute Gasteiger partial charge is 0.0443 e. The van der Waals surface area contributed by atoms with Gasteiger partial charge in [0.2, 0.25) is 0 Å². The van der Waals surface area contributed by atoms with Gasteiger partial charge in [0.05, 0.1) is 0 Å². The maximum atomic E-state index is 8.67. The summed E-state index contributed by atoms with van der Waals surface area (Å²) in [5, 5.41) is 12.1. The molecule has 18 heavy (non-hydrogen) atoms. The summed E-state index contributed by atoms with van der Waals surface area (Å²) in [6.45, 7) is 4.60. The van der Waals surface area contributed by atoms with E-state index in [2.05, 4.69) is 42.6 Å². The lowest BCUT2D eigenvalue weighted by molar-refractivity contribution is 0.284. The zero-order valence-corrected chi connectivity index (χ0v) is 11.6. The van der Waals surface area contributed by atoms with Crippen molar-refractivity contribution in [3.8, 4) is 0 Å². The van der Waals surface area contributed by atoms with Crippen LogP contribution >= 0.6 is 0 Å². The van der Waals surface area contributed by atoms with Crippen LogP contribution in [0.3, 0.4) is 0 Å². The molecule has 0 bridgehead atoms. The van der Waals surface area contributed by atoms with Crippen LogP contribution in [0.25, 0.3) is 0 Å². The highest BCUT2D eigenvalue weighted by Crippen LogP contribution is 2.10. The molecule has 0 aromatic heterocycles. The second kappa shape index (κ2) is 10.1. The standard InChI is InChI=1S/C16H27NO/c1-15(14-17-12-7-13-18)8-5-6-11-16-9-3-2-4-10-16/h2-4,9-10,15,17-18H,5-8,11-14H2,1H3/t15-/m0/s1. The molecule has 0 saturated heterocycles. The molecule has 0 aliphatic rings. The van der Waals surface area contributed by atoms with Gasteiger partial charge in [0.15, 0.2) is 0 Å². The number of benzene rings is 1. The molecule has 102 valence electrons. The number of rotatable bonds is 10. The van der Waals surface area contributed by atoms with Crippen LogP contribution in [-0.2, 0) is 6.42 Å². The zero-order chi connectivity index (χ0) is 13.1. The third-order valence-corrected chi connectivity index (χ3v) is 3.26. The largest absolute Gasteiger partial charge is 0.396 e. The van der Waals surface area contributed by atoms with Gasteiger partial charge in [-0.05, 0) is 50.3 Å². The van der Waals surface area contributed by atoms with E-state index in [0.29, 0.717) is 6.61 Å². The Morgan fingerprint density at radius 2 is 1.89 bits per heavy atom. The molecule has 0 aliphatic heterocycles. The normalized spacial score (nSPS) is 12.6. The maximum absolute atomic E-state index is 8.67. The molecule has 0 radical (unpaired) electrons. The fourth-order valence-electron chi connectivity index (χ4n) is 2.12. The molecule has 0 aliphatic carbocycles. The van der Waals surface area contributed by atoms with Gasteiger partial charge in [-0.2, -0.15) is 0 Å². The van der Waals surface area contributed by atoms with Crippen LogP contribution in [0.4, 0.5) is 0 Å². The lowest BCUT2D eigenvalue weighted by Gasteiger charge is -2.12. The first-order valence-corrected chi connectivity index (χ1v) is 7.18. The van der Waals surface area contributed by atoms with E-state index in [0.717, 1.165) is 25.4 Å². The minimum Gasteiger partial charge on any atom is -0.396 e. The molecule has 0 spiro atoms. The van der Waals surface area contributed by atoms with Crippen molar-refractivity contribution in [3.05, 3.63) is 35.9 Å². The van der Waals surface area contributed by atoms with Crippen LogP contribution in [0, 0.1) is 5.92 Å². The Labute approximate surface area is 111 Å². The Kier molecular flexibility index (Phi) is 8.53. The summed E-state index contributed by atoms with van der Waals surface area (Å²) in [4.78, 5) is 0. The molecule has 2 heteroatoms. The Bertz CT molecular complexity index is 286. The molecule has 0 saturated carbocycles. The molecule has 1 rings (SSSR count). The van der Waals surface area contributed by atoms with Crippen LogP contribution < -0.4 is 5.32 Å². The average Bonchev–Trinajstić information content (AvgIpc) is 2.41. The van der Waals surface area contributed by atoms with E-state index < -0.39 is 0 Å². The summed E-state index contributed by atoms with van der Waals surface area (Å²) in [7, 11) is 0.